The van der Waals surface area contributed by atoms with Crippen LogP contribution in [-0.4, -0.2) is 46.4 Å². The van der Waals surface area contributed by atoms with Crippen LogP contribution in [0, 0.1) is 24.0 Å². The molecule has 1 aliphatic rings. The number of carbonyl (C=O) groups is 3. The van der Waals surface area contributed by atoms with Gasteiger partial charge in [0.1, 0.15) is 16.4 Å². The maximum absolute atomic E-state index is 13.3. The molecule has 196 valence electrons. The molecule has 38 heavy (non-hydrogen) atoms. The molecule has 1 aromatic heterocycles. The molecule has 0 aliphatic carbocycles. The topological polar surface area (TPSA) is 149 Å². The number of esters is 1. The van der Waals surface area contributed by atoms with Gasteiger partial charge >= 0.3 is 11.9 Å². The standard InChI is InChI=1S/C26H23N3O8S/c1-5-37-25(33)23-14(3)27-26(38-23)28-20(15-6-9-17(10-7-15)29(34)35)19(22(31)24(28)32)21(30)16-8-11-18(36-4)13(2)12-16/h6-12,20,30H,5H2,1-4H3/t20-/m1/s1. The lowest BCUT2D eigenvalue weighted by molar-refractivity contribution is -0.384. The normalized spacial score (nSPS) is 16.5. The summed E-state index contributed by atoms with van der Waals surface area (Å²) < 4.78 is 10.3. The molecule has 0 spiro atoms. The number of nitro benzene ring substituents is 1. The number of hydrogen-bond donors (Lipinski definition) is 1. The van der Waals surface area contributed by atoms with Crippen LogP contribution in [-0.2, 0) is 14.3 Å². The maximum atomic E-state index is 13.3. The van der Waals surface area contributed by atoms with Crippen LogP contribution < -0.4 is 9.64 Å². The summed E-state index contributed by atoms with van der Waals surface area (Å²) in [5.74, 6) is -2.42. The molecule has 3 aromatic rings. The van der Waals surface area contributed by atoms with Crippen LogP contribution in [0.25, 0.3) is 5.76 Å². The van der Waals surface area contributed by atoms with Gasteiger partial charge in [-0.1, -0.05) is 11.3 Å². The smallest absolute Gasteiger partial charge is 0.350 e. The van der Waals surface area contributed by atoms with Gasteiger partial charge in [0.2, 0.25) is 0 Å². The average Bonchev–Trinajstić information content (AvgIpc) is 3.40. The van der Waals surface area contributed by atoms with Gasteiger partial charge in [-0.25, -0.2) is 9.78 Å². The van der Waals surface area contributed by atoms with E-state index >= 15 is 0 Å². The van der Waals surface area contributed by atoms with Crippen molar-refractivity contribution >= 4 is 45.6 Å². The second-order valence-electron chi connectivity index (χ2n) is 8.33. The van der Waals surface area contributed by atoms with Crippen LogP contribution in [0.3, 0.4) is 0 Å². The lowest BCUT2D eigenvalue weighted by atomic mass is 9.94. The van der Waals surface area contributed by atoms with E-state index in [1.54, 1.807) is 39.0 Å². The summed E-state index contributed by atoms with van der Waals surface area (Å²) in [6.45, 7) is 5.13. The Morgan fingerprint density at radius 1 is 1.18 bits per heavy atom. The number of carbonyl (C=O) groups excluding carboxylic acids is 3. The largest absolute Gasteiger partial charge is 0.507 e. The van der Waals surface area contributed by atoms with Crippen molar-refractivity contribution in [3.63, 3.8) is 0 Å². The third kappa shape index (κ3) is 4.61. The number of nitrogens with zero attached hydrogens (tertiary/aromatic N) is 3. The van der Waals surface area contributed by atoms with Gasteiger partial charge in [0.15, 0.2) is 5.13 Å². The van der Waals surface area contributed by atoms with Crippen molar-refractivity contribution in [3.8, 4) is 5.75 Å². The Labute approximate surface area is 221 Å². The molecule has 12 heteroatoms. The van der Waals surface area contributed by atoms with Gasteiger partial charge in [-0.15, -0.1) is 0 Å². The van der Waals surface area contributed by atoms with E-state index in [-0.39, 0.29) is 33.4 Å². The summed E-state index contributed by atoms with van der Waals surface area (Å²) in [5, 5.41) is 22.5. The number of anilines is 1. The molecular weight excluding hydrogens is 514 g/mol. The minimum Gasteiger partial charge on any atom is -0.507 e. The second-order valence-corrected chi connectivity index (χ2v) is 9.31. The first kappa shape index (κ1) is 26.5. The summed E-state index contributed by atoms with van der Waals surface area (Å²) in [6.07, 6.45) is 0. The predicted molar refractivity (Wildman–Crippen MR) is 138 cm³/mol. The highest BCUT2D eigenvalue weighted by Gasteiger charge is 2.48. The molecule has 1 fully saturated rings. The predicted octanol–water partition coefficient (Wildman–Crippen LogP) is 4.48. The molecule has 1 aliphatic heterocycles. The van der Waals surface area contributed by atoms with Crippen LogP contribution in [0.4, 0.5) is 10.8 Å². The molecule has 0 radical (unpaired) electrons. The number of hydrogen-bond acceptors (Lipinski definition) is 10. The third-order valence-electron chi connectivity index (χ3n) is 5.98. The van der Waals surface area contributed by atoms with E-state index < -0.39 is 34.4 Å². The first-order valence-electron chi connectivity index (χ1n) is 11.4. The fourth-order valence-electron chi connectivity index (χ4n) is 4.18. The number of ketones is 1. The SMILES string of the molecule is CCOC(=O)c1sc(N2C(=O)C(=O)C(=C(O)c3ccc(OC)c(C)c3)[C@H]2c2ccc([N+](=O)[O-])cc2)nc1C. The van der Waals surface area contributed by atoms with E-state index in [4.69, 9.17) is 9.47 Å². The first-order chi connectivity index (χ1) is 18.1. The van der Waals surface area contributed by atoms with E-state index in [0.717, 1.165) is 16.2 Å². The van der Waals surface area contributed by atoms with Gasteiger partial charge in [-0.3, -0.25) is 24.6 Å². The minimum atomic E-state index is -1.17. The van der Waals surface area contributed by atoms with Gasteiger partial charge < -0.3 is 14.6 Å². The molecule has 0 unspecified atom stereocenters. The summed E-state index contributed by atoms with van der Waals surface area (Å²) >= 11 is 0.872. The van der Waals surface area contributed by atoms with Crippen LogP contribution in [0.15, 0.2) is 48.0 Å². The van der Waals surface area contributed by atoms with Gasteiger partial charge in [-0.2, -0.15) is 0 Å². The first-order valence-corrected chi connectivity index (χ1v) is 12.3. The van der Waals surface area contributed by atoms with Crippen molar-refractivity contribution in [1.29, 1.82) is 0 Å². The van der Waals surface area contributed by atoms with Crippen molar-refractivity contribution in [2.24, 2.45) is 0 Å². The van der Waals surface area contributed by atoms with Gasteiger partial charge in [-0.05, 0) is 62.2 Å². The van der Waals surface area contributed by atoms with Gasteiger partial charge in [0.05, 0.1) is 35.9 Å². The number of aliphatic hydroxyl groups excluding tert-OH is 1. The average molecular weight is 538 g/mol. The van der Waals surface area contributed by atoms with Crippen LogP contribution in [0.2, 0.25) is 0 Å². The van der Waals surface area contributed by atoms with E-state index in [0.29, 0.717) is 22.6 Å². The molecule has 4 rings (SSSR count). The molecule has 1 amide bonds. The Hall–Kier alpha value is -4.58. The Morgan fingerprint density at radius 3 is 2.45 bits per heavy atom. The number of ether oxygens (including phenoxy) is 2. The number of methoxy groups -OCH3 is 1. The van der Waals surface area contributed by atoms with Crippen LogP contribution in [0.1, 0.15) is 45.0 Å². The number of aromatic nitrogens is 1. The highest BCUT2D eigenvalue weighted by Crippen LogP contribution is 2.44. The lowest BCUT2D eigenvalue weighted by Crippen LogP contribution is -2.29. The maximum Gasteiger partial charge on any atom is 0.350 e. The van der Waals surface area contributed by atoms with E-state index in [1.807, 2.05) is 0 Å². The number of aryl methyl sites for hydroxylation is 2. The highest BCUT2D eigenvalue weighted by molar-refractivity contribution is 7.17. The van der Waals surface area contributed by atoms with E-state index in [2.05, 4.69) is 4.98 Å². The second kappa shape index (κ2) is 10.4. The van der Waals surface area contributed by atoms with Crippen molar-refractivity contribution in [3.05, 3.63) is 85.4 Å². The fourth-order valence-corrected chi connectivity index (χ4v) is 5.16. The Morgan fingerprint density at radius 2 is 1.87 bits per heavy atom. The van der Waals surface area contributed by atoms with Crippen LogP contribution in [0.5, 0.6) is 5.75 Å². The highest BCUT2D eigenvalue weighted by atomic mass is 32.1. The van der Waals surface area contributed by atoms with Crippen molar-refractivity contribution < 1.29 is 33.9 Å². The minimum absolute atomic E-state index is 0.0426. The van der Waals surface area contributed by atoms with Gasteiger partial charge in [0, 0.05) is 17.7 Å². The molecule has 2 heterocycles. The number of thiazole rings is 1. The number of amides is 1. The Balaban J connectivity index is 1.92. The Bertz CT molecular complexity index is 1490. The molecule has 11 nitrogen and oxygen atoms in total. The monoisotopic (exact) mass is 537 g/mol. The molecular formula is C26H23N3O8S. The third-order valence-corrected chi connectivity index (χ3v) is 7.12. The van der Waals surface area contributed by atoms with Crippen molar-refractivity contribution in [1.82, 2.24) is 4.98 Å². The number of rotatable bonds is 7. The Kier molecular flexibility index (Phi) is 7.26. The number of benzene rings is 2. The molecule has 0 saturated carbocycles. The molecule has 0 bridgehead atoms. The lowest BCUT2D eigenvalue weighted by Gasteiger charge is -2.23. The van der Waals surface area contributed by atoms with Crippen molar-refractivity contribution in [2.75, 3.05) is 18.6 Å². The zero-order valence-electron chi connectivity index (χ0n) is 20.9. The number of non-ortho nitro benzene ring substituents is 1. The number of Topliss-reactive ketones (excluding diaryl/α,β-unsaturated/α-hetero) is 1. The van der Waals surface area contributed by atoms with E-state index in [1.165, 1.54) is 31.4 Å². The number of nitro groups is 1. The molecule has 1 N–H and O–H groups in total. The van der Waals surface area contributed by atoms with Crippen LogP contribution >= 0.6 is 11.3 Å². The van der Waals surface area contributed by atoms with Crippen molar-refractivity contribution in [2.45, 2.75) is 26.8 Å². The summed E-state index contributed by atoms with van der Waals surface area (Å²) in [6, 6.07) is 8.90. The molecule has 2 aromatic carbocycles. The zero-order valence-corrected chi connectivity index (χ0v) is 21.7. The number of aliphatic hydroxyl groups is 1. The summed E-state index contributed by atoms with van der Waals surface area (Å²) in [5.41, 5.74) is 1.18. The molecule has 1 saturated heterocycles. The van der Waals surface area contributed by atoms with Gasteiger partial charge in [0.25, 0.3) is 11.5 Å². The zero-order chi connectivity index (χ0) is 27.7. The molecule has 1 atom stereocenters. The van der Waals surface area contributed by atoms with E-state index in [9.17, 15) is 29.6 Å². The quantitative estimate of drug-likeness (QED) is 0.115. The summed E-state index contributed by atoms with van der Waals surface area (Å²) in [4.78, 5) is 55.3. The fraction of sp³-hybridized carbons (Fsp3) is 0.231. The summed E-state index contributed by atoms with van der Waals surface area (Å²) in [7, 11) is 1.50.